The van der Waals surface area contributed by atoms with E-state index in [0.29, 0.717) is 32.5 Å². The summed E-state index contributed by atoms with van der Waals surface area (Å²) in [5.41, 5.74) is 5.83. The summed E-state index contributed by atoms with van der Waals surface area (Å²) in [7, 11) is -3.54. The first-order chi connectivity index (χ1) is 11.8. The molecular weight excluding hydrogens is 411 g/mol. The second-order valence-corrected chi connectivity index (χ2v) is 8.59. The average Bonchev–Trinajstić information content (AvgIpc) is 2.66. The molecular formula is C17H30Cl2N4O3S. The van der Waals surface area contributed by atoms with Crippen molar-refractivity contribution in [2.45, 2.75) is 50.0 Å². The predicted octanol–water partition coefficient (Wildman–Crippen LogP) is 1.96. The summed E-state index contributed by atoms with van der Waals surface area (Å²) < 4.78 is 26.6. The van der Waals surface area contributed by atoms with Crippen molar-refractivity contribution in [3.05, 3.63) is 24.5 Å². The lowest BCUT2D eigenvalue weighted by Crippen LogP contribution is -2.51. The third kappa shape index (κ3) is 6.57. The molecule has 1 amide bonds. The highest BCUT2D eigenvalue weighted by Gasteiger charge is 2.32. The molecule has 1 aromatic rings. The van der Waals surface area contributed by atoms with Crippen LogP contribution in [0.3, 0.4) is 0 Å². The van der Waals surface area contributed by atoms with Gasteiger partial charge in [-0.3, -0.25) is 9.78 Å². The van der Waals surface area contributed by atoms with E-state index in [0.717, 1.165) is 12.8 Å². The molecule has 1 fully saturated rings. The SMILES string of the molecule is CCC(N)(CC)CNC(=O)C1CCN(S(=O)(=O)c2cccnc2)CC1.Cl.Cl. The van der Waals surface area contributed by atoms with E-state index in [2.05, 4.69) is 10.3 Å². The van der Waals surface area contributed by atoms with Crippen molar-refractivity contribution in [1.29, 1.82) is 0 Å². The topological polar surface area (TPSA) is 105 Å². The summed E-state index contributed by atoms with van der Waals surface area (Å²) in [6.07, 6.45) is 5.52. The van der Waals surface area contributed by atoms with Gasteiger partial charge in [0.1, 0.15) is 4.90 Å². The molecule has 2 heterocycles. The van der Waals surface area contributed by atoms with Gasteiger partial charge in [0.05, 0.1) is 0 Å². The molecule has 0 radical (unpaired) electrons. The number of hydrogen-bond donors (Lipinski definition) is 2. The molecule has 7 nitrogen and oxygen atoms in total. The molecule has 10 heteroatoms. The van der Waals surface area contributed by atoms with Gasteiger partial charge < -0.3 is 11.1 Å². The van der Waals surface area contributed by atoms with Crippen molar-refractivity contribution >= 4 is 40.7 Å². The van der Waals surface area contributed by atoms with E-state index in [9.17, 15) is 13.2 Å². The van der Waals surface area contributed by atoms with E-state index in [1.54, 1.807) is 12.3 Å². The molecule has 3 N–H and O–H groups in total. The Morgan fingerprint density at radius 3 is 2.37 bits per heavy atom. The first-order valence-electron chi connectivity index (χ1n) is 8.79. The predicted molar refractivity (Wildman–Crippen MR) is 111 cm³/mol. The highest BCUT2D eigenvalue weighted by Crippen LogP contribution is 2.23. The maximum Gasteiger partial charge on any atom is 0.244 e. The van der Waals surface area contributed by atoms with Gasteiger partial charge in [-0.1, -0.05) is 13.8 Å². The Bertz CT molecular complexity index is 677. The molecule has 0 atom stereocenters. The molecule has 0 bridgehead atoms. The number of amides is 1. The van der Waals surface area contributed by atoms with Gasteiger partial charge in [-0.15, -0.1) is 24.8 Å². The number of nitrogens with two attached hydrogens (primary N) is 1. The number of sulfonamides is 1. The van der Waals surface area contributed by atoms with Crippen LogP contribution in [-0.2, 0) is 14.8 Å². The van der Waals surface area contributed by atoms with Crippen LogP contribution < -0.4 is 11.1 Å². The van der Waals surface area contributed by atoms with Crippen molar-refractivity contribution in [2.24, 2.45) is 11.7 Å². The maximum atomic E-state index is 12.6. The van der Waals surface area contributed by atoms with Gasteiger partial charge in [-0.2, -0.15) is 4.31 Å². The fraction of sp³-hybridized carbons (Fsp3) is 0.647. The number of pyridine rings is 1. The van der Waals surface area contributed by atoms with Crippen molar-refractivity contribution < 1.29 is 13.2 Å². The number of carbonyl (C=O) groups is 1. The number of piperidine rings is 1. The fourth-order valence-corrected chi connectivity index (χ4v) is 4.35. The number of carbonyl (C=O) groups excluding carboxylic acids is 1. The lowest BCUT2D eigenvalue weighted by Gasteiger charge is -2.32. The van der Waals surface area contributed by atoms with Crippen LogP contribution in [0, 0.1) is 5.92 Å². The fourth-order valence-electron chi connectivity index (χ4n) is 2.91. The summed E-state index contributed by atoms with van der Waals surface area (Å²) in [6, 6.07) is 3.14. The van der Waals surface area contributed by atoms with Crippen LogP contribution in [0.1, 0.15) is 39.5 Å². The Labute approximate surface area is 174 Å². The number of rotatable bonds is 7. The van der Waals surface area contributed by atoms with Crippen LogP contribution in [0.2, 0.25) is 0 Å². The summed E-state index contributed by atoms with van der Waals surface area (Å²) >= 11 is 0. The zero-order chi connectivity index (χ0) is 18.5. The van der Waals surface area contributed by atoms with E-state index in [1.807, 2.05) is 13.8 Å². The molecule has 0 saturated carbocycles. The van der Waals surface area contributed by atoms with Crippen LogP contribution in [0.15, 0.2) is 29.4 Å². The molecule has 1 saturated heterocycles. The van der Waals surface area contributed by atoms with Crippen LogP contribution in [-0.4, -0.2) is 48.8 Å². The van der Waals surface area contributed by atoms with Gasteiger partial charge in [-0.05, 0) is 37.8 Å². The van der Waals surface area contributed by atoms with Gasteiger partial charge in [0, 0.05) is 43.5 Å². The summed E-state index contributed by atoms with van der Waals surface area (Å²) in [5.74, 6) is -0.200. The van der Waals surface area contributed by atoms with E-state index < -0.39 is 10.0 Å². The normalized spacial score (nSPS) is 16.1. The van der Waals surface area contributed by atoms with Crippen molar-refractivity contribution in [3.63, 3.8) is 0 Å². The Kier molecular flexibility index (Phi) is 10.8. The third-order valence-electron chi connectivity index (χ3n) is 5.12. The van der Waals surface area contributed by atoms with Crippen molar-refractivity contribution in [1.82, 2.24) is 14.6 Å². The largest absolute Gasteiger partial charge is 0.354 e. The first kappa shape index (κ1) is 26.1. The van der Waals surface area contributed by atoms with Crippen LogP contribution in [0.5, 0.6) is 0 Å². The number of nitrogens with one attached hydrogen (secondary N) is 1. The molecule has 0 aliphatic carbocycles. The Hall–Kier alpha value is -0.930. The second kappa shape index (κ2) is 11.2. The molecule has 156 valence electrons. The zero-order valence-corrected chi connectivity index (χ0v) is 18.2. The number of hydrogen-bond acceptors (Lipinski definition) is 5. The average molecular weight is 441 g/mol. The monoisotopic (exact) mass is 440 g/mol. The minimum atomic E-state index is -3.54. The zero-order valence-electron chi connectivity index (χ0n) is 15.8. The molecule has 0 spiro atoms. The Morgan fingerprint density at radius 2 is 1.89 bits per heavy atom. The molecule has 1 aromatic heterocycles. The van der Waals surface area contributed by atoms with Gasteiger partial charge in [-0.25, -0.2) is 8.42 Å². The highest BCUT2D eigenvalue weighted by molar-refractivity contribution is 7.89. The quantitative estimate of drug-likeness (QED) is 0.673. The maximum absolute atomic E-state index is 12.6. The third-order valence-corrected chi connectivity index (χ3v) is 7.00. The minimum Gasteiger partial charge on any atom is -0.354 e. The minimum absolute atomic E-state index is 0. The lowest BCUT2D eigenvalue weighted by atomic mass is 9.93. The van der Waals surface area contributed by atoms with E-state index >= 15 is 0 Å². The van der Waals surface area contributed by atoms with Crippen molar-refractivity contribution in [3.8, 4) is 0 Å². The smallest absolute Gasteiger partial charge is 0.244 e. The number of halogens is 2. The summed E-state index contributed by atoms with van der Waals surface area (Å²) in [4.78, 5) is 16.4. The molecule has 0 aromatic carbocycles. The van der Waals surface area contributed by atoms with E-state index in [4.69, 9.17) is 5.73 Å². The Morgan fingerprint density at radius 1 is 1.30 bits per heavy atom. The summed E-state index contributed by atoms with van der Waals surface area (Å²) in [6.45, 7) is 5.15. The number of nitrogens with zero attached hydrogens (tertiary/aromatic N) is 2. The second-order valence-electron chi connectivity index (χ2n) is 6.65. The van der Waals surface area contributed by atoms with E-state index in [-0.39, 0.29) is 47.1 Å². The van der Waals surface area contributed by atoms with Crippen LogP contribution >= 0.6 is 24.8 Å². The number of aromatic nitrogens is 1. The lowest BCUT2D eigenvalue weighted by molar-refractivity contribution is -0.126. The van der Waals surface area contributed by atoms with Crippen LogP contribution in [0.25, 0.3) is 0 Å². The van der Waals surface area contributed by atoms with Gasteiger partial charge in [0.2, 0.25) is 15.9 Å². The van der Waals surface area contributed by atoms with Gasteiger partial charge >= 0.3 is 0 Å². The molecule has 2 rings (SSSR count). The Balaban J connectivity index is 0.00000338. The molecule has 0 unspecified atom stereocenters. The van der Waals surface area contributed by atoms with Crippen molar-refractivity contribution in [2.75, 3.05) is 19.6 Å². The first-order valence-corrected chi connectivity index (χ1v) is 10.2. The van der Waals surface area contributed by atoms with Gasteiger partial charge in [0.25, 0.3) is 0 Å². The van der Waals surface area contributed by atoms with E-state index in [1.165, 1.54) is 16.6 Å². The molecule has 27 heavy (non-hydrogen) atoms. The van der Waals surface area contributed by atoms with Gasteiger partial charge in [0.15, 0.2) is 0 Å². The summed E-state index contributed by atoms with van der Waals surface area (Å²) in [5, 5.41) is 2.94. The van der Waals surface area contributed by atoms with Crippen LogP contribution in [0.4, 0.5) is 0 Å². The molecule has 1 aliphatic heterocycles. The highest BCUT2D eigenvalue weighted by atomic mass is 35.5. The standard InChI is InChI=1S/C17H28N4O3S.2ClH/c1-3-17(18,4-2)13-20-16(22)14-7-10-21(11-8-14)25(23,24)15-6-5-9-19-12-15;;/h5-6,9,12,14H,3-4,7-8,10-11,13,18H2,1-2H3,(H,20,22);2*1H. The molecule has 1 aliphatic rings.